The van der Waals surface area contributed by atoms with Crippen molar-refractivity contribution < 1.29 is 0 Å². The van der Waals surface area contributed by atoms with E-state index in [2.05, 4.69) is 33.5 Å². The van der Waals surface area contributed by atoms with Gasteiger partial charge in [0.1, 0.15) is 11.6 Å². The molecule has 0 radical (unpaired) electrons. The quantitative estimate of drug-likeness (QED) is 0.881. The lowest BCUT2D eigenvalue weighted by Gasteiger charge is -2.35. The summed E-state index contributed by atoms with van der Waals surface area (Å²) in [5.74, 6) is 2.78. The highest BCUT2D eigenvalue weighted by atomic mass is 15.3. The fraction of sp³-hybridized carbons (Fsp3) is 0.857. The van der Waals surface area contributed by atoms with Gasteiger partial charge in [0.15, 0.2) is 0 Å². The van der Waals surface area contributed by atoms with Crippen LogP contribution in [0, 0.1) is 0 Å². The van der Waals surface area contributed by atoms with Gasteiger partial charge in [0.05, 0.1) is 6.17 Å². The number of rotatable bonds is 2. The standard InChI is InChI=1S/C14H25N5/c1-10(2)18-8-6-11(7-9-18)14-17-16-13-5-3-4-12(15)19(13)14/h10-12H,3-9,15H2,1-2H3. The van der Waals surface area contributed by atoms with Gasteiger partial charge in [0, 0.05) is 18.4 Å². The Morgan fingerprint density at radius 3 is 2.58 bits per heavy atom. The molecule has 0 saturated carbocycles. The monoisotopic (exact) mass is 263 g/mol. The summed E-state index contributed by atoms with van der Waals surface area (Å²) in [7, 11) is 0. The molecule has 5 nitrogen and oxygen atoms in total. The fourth-order valence-corrected chi connectivity index (χ4v) is 3.42. The molecule has 0 amide bonds. The van der Waals surface area contributed by atoms with Crippen LogP contribution in [0.25, 0.3) is 0 Å². The topological polar surface area (TPSA) is 60.0 Å². The molecule has 2 aliphatic heterocycles. The maximum atomic E-state index is 6.25. The van der Waals surface area contributed by atoms with Crippen molar-refractivity contribution >= 4 is 0 Å². The first-order chi connectivity index (χ1) is 9.16. The molecule has 1 saturated heterocycles. The second-order valence-electron chi connectivity index (χ2n) is 6.21. The summed E-state index contributed by atoms with van der Waals surface area (Å²) in [5.41, 5.74) is 6.25. The molecule has 1 fully saturated rings. The molecule has 106 valence electrons. The van der Waals surface area contributed by atoms with Crippen LogP contribution in [0.2, 0.25) is 0 Å². The maximum Gasteiger partial charge on any atom is 0.137 e. The van der Waals surface area contributed by atoms with E-state index >= 15 is 0 Å². The molecule has 19 heavy (non-hydrogen) atoms. The fourth-order valence-electron chi connectivity index (χ4n) is 3.42. The second kappa shape index (κ2) is 5.21. The Morgan fingerprint density at radius 2 is 1.89 bits per heavy atom. The van der Waals surface area contributed by atoms with Gasteiger partial charge in [0.25, 0.3) is 0 Å². The molecule has 2 aliphatic rings. The minimum Gasteiger partial charge on any atom is -0.311 e. The van der Waals surface area contributed by atoms with E-state index in [1.54, 1.807) is 0 Å². The minimum absolute atomic E-state index is 0.0943. The van der Waals surface area contributed by atoms with E-state index in [-0.39, 0.29) is 6.17 Å². The van der Waals surface area contributed by atoms with E-state index in [1.807, 2.05) is 0 Å². The lowest BCUT2D eigenvalue weighted by atomic mass is 9.94. The van der Waals surface area contributed by atoms with Crippen molar-refractivity contribution in [3.8, 4) is 0 Å². The number of nitrogens with zero attached hydrogens (tertiary/aromatic N) is 4. The van der Waals surface area contributed by atoms with Gasteiger partial charge in [0.2, 0.25) is 0 Å². The lowest BCUT2D eigenvalue weighted by Crippen LogP contribution is -2.39. The van der Waals surface area contributed by atoms with Crippen LogP contribution in [0.15, 0.2) is 0 Å². The van der Waals surface area contributed by atoms with E-state index in [4.69, 9.17) is 5.73 Å². The Kier molecular flexibility index (Phi) is 3.58. The number of fused-ring (bicyclic) bond motifs is 1. The van der Waals surface area contributed by atoms with Crippen molar-refractivity contribution in [1.29, 1.82) is 0 Å². The average molecular weight is 263 g/mol. The van der Waals surface area contributed by atoms with Crippen LogP contribution >= 0.6 is 0 Å². The molecule has 0 bridgehead atoms. The first kappa shape index (κ1) is 13.1. The van der Waals surface area contributed by atoms with Crippen molar-refractivity contribution in [2.75, 3.05) is 13.1 Å². The minimum atomic E-state index is 0.0943. The lowest BCUT2D eigenvalue weighted by molar-refractivity contribution is 0.167. The molecule has 3 rings (SSSR count). The van der Waals surface area contributed by atoms with Gasteiger partial charge in [-0.05, 0) is 52.6 Å². The number of aryl methyl sites for hydroxylation is 1. The molecular formula is C14H25N5. The predicted molar refractivity (Wildman–Crippen MR) is 74.9 cm³/mol. The van der Waals surface area contributed by atoms with E-state index in [9.17, 15) is 0 Å². The van der Waals surface area contributed by atoms with Crippen molar-refractivity contribution in [3.05, 3.63) is 11.6 Å². The summed E-state index contributed by atoms with van der Waals surface area (Å²) in [4.78, 5) is 2.55. The number of hydrogen-bond donors (Lipinski definition) is 1. The number of likely N-dealkylation sites (tertiary alicyclic amines) is 1. The first-order valence-electron chi connectivity index (χ1n) is 7.60. The Labute approximate surface area is 115 Å². The highest BCUT2D eigenvalue weighted by Crippen LogP contribution is 2.31. The summed E-state index contributed by atoms with van der Waals surface area (Å²) in [6, 6.07) is 0.649. The third-order valence-electron chi connectivity index (χ3n) is 4.65. The van der Waals surface area contributed by atoms with Gasteiger partial charge >= 0.3 is 0 Å². The molecule has 3 heterocycles. The van der Waals surface area contributed by atoms with Crippen LogP contribution < -0.4 is 5.73 Å². The number of nitrogens with two attached hydrogens (primary N) is 1. The van der Waals surface area contributed by atoms with Gasteiger partial charge < -0.3 is 10.6 Å². The van der Waals surface area contributed by atoms with E-state index in [1.165, 1.54) is 25.9 Å². The van der Waals surface area contributed by atoms with Crippen molar-refractivity contribution in [2.24, 2.45) is 5.73 Å². The zero-order valence-electron chi connectivity index (χ0n) is 12.0. The summed E-state index contributed by atoms with van der Waals surface area (Å²) in [5, 5.41) is 8.81. The Balaban J connectivity index is 1.76. The molecule has 1 unspecified atom stereocenters. The summed E-state index contributed by atoms with van der Waals surface area (Å²) < 4.78 is 2.22. The van der Waals surface area contributed by atoms with Crippen LogP contribution in [-0.2, 0) is 6.42 Å². The van der Waals surface area contributed by atoms with Crippen LogP contribution in [0.1, 0.15) is 63.3 Å². The molecular weight excluding hydrogens is 238 g/mol. The molecule has 2 N–H and O–H groups in total. The van der Waals surface area contributed by atoms with Crippen molar-refractivity contribution in [2.45, 2.75) is 64.1 Å². The first-order valence-corrected chi connectivity index (χ1v) is 7.60. The molecule has 0 aliphatic carbocycles. The highest BCUT2D eigenvalue weighted by molar-refractivity contribution is 5.07. The Bertz CT molecular complexity index is 431. The maximum absolute atomic E-state index is 6.25. The van der Waals surface area contributed by atoms with Crippen LogP contribution in [0.5, 0.6) is 0 Å². The van der Waals surface area contributed by atoms with Crippen molar-refractivity contribution in [1.82, 2.24) is 19.7 Å². The molecule has 5 heteroatoms. The van der Waals surface area contributed by atoms with E-state index in [0.29, 0.717) is 12.0 Å². The Morgan fingerprint density at radius 1 is 1.16 bits per heavy atom. The van der Waals surface area contributed by atoms with Gasteiger partial charge in [-0.15, -0.1) is 10.2 Å². The van der Waals surface area contributed by atoms with Crippen LogP contribution in [0.3, 0.4) is 0 Å². The largest absolute Gasteiger partial charge is 0.311 e. The third kappa shape index (κ3) is 2.41. The van der Waals surface area contributed by atoms with Gasteiger partial charge in [-0.2, -0.15) is 0 Å². The summed E-state index contributed by atoms with van der Waals surface area (Å²) in [6.45, 7) is 6.88. The number of aromatic nitrogens is 3. The van der Waals surface area contributed by atoms with Gasteiger partial charge in [-0.25, -0.2) is 0 Å². The smallest absolute Gasteiger partial charge is 0.137 e. The number of piperidine rings is 1. The summed E-state index contributed by atoms with van der Waals surface area (Å²) >= 11 is 0. The predicted octanol–water partition coefficient (Wildman–Crippen LogP) is 1.66. The Hall–Kier alpha value is -0.940. The van der Waals surface area contributed by atoms with E-state index in [0.717, 1.165) is 30.9 Å². The van der Waals surface area contributed by atoms with Crippen molar-refractivity contribution in [3.63, 3.8) is 0 Å². The van der Waals surface area contributed by atoms with Gasteiger partial charge in [-0.3, -0.25) is 4.57 Å². The third-order valence-corrected chi connectivity index (χ3v) is 4.65. The van der Waals surface area contributed by atoms with Crippen LogP contribution in [0.4, 0.5) is 0 Å². The number of hydrogen-bond acceptors (Lipinski definition) is 4. The second-order valence-corrected chi connectivity index (χ2v) is 6.21. The average Bonchev–Trinajstić information content (AvgIpc) is 2.84. The molecule has 0 spiro atoms. The SMILES string of the molecule is CC(C)N1CCC(c2nnc3n2C(N)CCC3)CC1. The van der Waals surface area contributed by atoms with E-state index < -0.39 is 0 Å². The zero-order chi connectivity index (χ0) is 13.4. The summed E-state index contributed by atoms with van der Waals surface area (Å²) in [6.07, 6.45) is 5.70. The normalized spacial score (nSPS) is 25.8. The molecule has 0 aromatic carbocycles. The van der Waals surface area contributed by atoms with Gasteiger partial charge in [-0.1, -0.05) is 0 Å². The molecule has 1 aromatic heterocycles. The zero-order valence-corrected chi connectivity index (χ0v) is 12.0. The molecule has 1 aromatic rings. The highest BCUT2D eigenvalue weighted by Gasteiger charge is 2.29. The molecule has 1 atom stereocenters. The van der Waals surface area contributed by atoms with Crippen LogP contribution in [-0.4, -0.2) is 38.8 Å².